The lowest BCUT2D eigenvalue weighted by atomic mass is 10.1. The van der Waals surface area contributed by atoms with Crippen molar-refractivity contribution in [1.82, 2.24) is 25.3 Å². The molecular formula is C19H17N5O2. The van der Waals surface area contributed by atoms with E-state index in [0.29, 0.717) is 23.1 Å². The maximum Gasteiger partial charge on any atom is 0.323 e. The van der Waals surface area contributed by atoms with Crippen LogP contribution in [0.5, 0.6) is 0 Å². The van der Waals surface area contributed by atoms with E-state index in [1.807, 2.05) is 32.0 Å². The minimum atomic E-state index is -0.246. The minimum absolute atomic E-state index is 0.186. The van der Waals surface area contributed by atoms with Gasteiger partial charge < -0.3 is 15.3 Å². The number of hydrogen-bond acceptors (Lipinski definition) is 4. The van der Waals surface area contributed by atoms with Gasteiger partial charge in [-0.05, 0) is 49.7 Å². The van der Waals surface area contributed by atoms with Crippen LogP contribution in [0.1, 0.15) is 27.3 Å². The van der Waals surface area contributed by atoms with Gasteiger partial charge in [-0.25, -0.2) is 14.8 Å². The number of nitrogens with one attached hydrogen (secondary N) is 3. The van der Waals surface area contributed by atoms with Crippen molar-refractivity contribution < 1.29 is 4.79 Å². The summed E-state index contributed by atoms with van der Waals surface area (Å²) in [5.41, 5.74) is 5.84. The lowest BCUT2D eigenvalue weighted by molar-refractivity contribution is 0.0951. The van der Waals surface area contributed by atoms with Gasteiger partial charge in [-0.15, -0.1) is 0 Å². The second-order valence-electron chi connectivity index (χ2n) is 6.24. The molecule has 0 bridgehead atoms. The summed E-state index contributed by atoms with van der Waals surface area (Å²) in [6.07, 6.45) is 0. The van der Waals surface area contributed by atoms with Crippen LogP contribution in [0.3, 0.4) is 0 Å². The van der Waals surface area contributed by atoms with E-state index in [2.05, 4.69) is 25.3 Å². The van der Waals surface area contributed by atoms with E-state index in [1.54, 1.807) is 18.2 Å². The topological polar surface area (TPSA) is 104 Å². The monoisotopic (exact) mass is 347 g/mol. The van der Waals surface area contributed by atoms with Crippen molar-refractivity contribution in [3.63, 3.8) is 0 Å². The van der Waals surface area contributed by atoms with Crippen LogP contribution in [0.15, 0.2) is 41.2 Å². The second kappa shape index (κ2) is 6.11. The first kappa shape index (κ1) is 16.0. The Balaban J connectivity index is 1.54. The summed E-state index contributed by atoms with van der Waals surface area (Å²) in [4.78, 5) is 38.1. The SMILES string of the molecule is Cc1nc2ccc(C(=O)NCc3ccc4[nH]c(=O)[nH]c4c3)cc2nc1C. The third kappa shape index (κ3) is 2.95. The largest absolute Gasteiger partial charge is 0.348 e. The Hall–Kier alpha value is -3.48. The van der Waals surface area contributed by atoms with E-state index in [9.17, 15) is 9.59 Å². The zero-order valence-electron chi connectivity index (χ0n) is 14.4. The van der Waals surface area contributed by atoms with E-state index in [1.165, 1.54) is 0 Å². The van der Waals surface area contributed by atoms with Crippen molar-refractivity contribution in [3.05, 3.63) is 69.4 Å². The molecule has 0 unspecified atom stereocenters. The number of fused-ring (bicyclic) bond motifs is 2. The van der Waals surface area contributed by atoms with E-state index < -0.39 is 0 Å². The van der Waals surface area contributed by atoms with Gasteiger partial charge >= 0.3 is 5.69 Å². The number of imidazole rings is 1. The van der Waals surface area contributed by atoms with Gasteiger partial charge in [-0.1, -0.05) is 6.07 Å². The van der Waals surface area contributed by atoms with E-state index in [0.717, 1.165) is 28.0 Å². The van der Waals surface area contributed by atoms with Crippen LogP contribution >= 0.6 is 0 Å². The van der Waals surface area contributed by atoms with Crippen LogP contribution in [-0.2, 0) is 6.54 Å². The van der Waals surface area contributed by atoms with Gasteiger partial charge in [0.2, 0.25) is 0 Å². The van der Waals surface area contributed by atoms with Crippen LogP contribution in [0.4, 0.5) is 0 Å². The number of aromatic nitrogens is 4. The zero-order valence-corrected chi connectivity index (χ0v) is 14.4. The highest BCUT2D eigenvalue weighted by Gasteiger charge is 2.09. The van der Waals surface area contributed by atoms with E-state index in [-0.39, 0.29) is 11.6 Å². The molecule has 130 valence electrons. The lowest BCUT2D eigenvalue weighted by Crippen LogP contribution is -2.22. The molecule has 26 heavy (non-hydrogen) atoms. The third-order valence-electron chi connectivity index (χ3n) is 4.37. The summed E-state index contributed by atoms with van der Waals surface area (Å²) in [6, 6.07) is 10.8. The molecule has 0 aliphatic rings. The maximum atomic E-state index is 12.5. The van der Waals surface area contributed by atoms with E-state index >= 15 is 0 Å². The van der Waals surface area contributed by atoms with Crippen LogP contribution < -0.4 is 11.0 Å². The quantitative estimate of drug-likeness (QED) is 0.529. The highest BCUT2D eigenvalue weighted by atomic mass is 16.1. The Kier molecular flexibility index (Phi) is 3.76. The Morgan fingerprint density at radius 1 is 0.962 bits per heavy atom. The summed E-state index contributed by atoms with van der Waals surface area (Å²) in [7, 11) is 0. The van der Waals surface area contributed by atoms with Gasteiger partial charge in [0.05, 0.1) is 33.5 Å². The molecule has 0 fully saturated rings. The highest BCUT2D eigenvalue weighted by molar-refractivity contribution is 5.97. The third-order valence-corrected chi connectivity index (χ3v) is 4.37. The normalized spacial score (nSPS) is 11.2. The van der Waals surface area contributed by atoms with Crippen molar-refractivity contribution in [2.75, 3.05) is 0 Å². The zero-order chi connectivity index (χ0) is 18.3. The summed E-state index contributed by atoms with van der Waals surface area (Å²) < 4.78 is 0. The first-order chi connectivity index (χ1) is 12.5. The van der Waals surface area contributed by atoms with Crippen LogP contribution in [0.2, 0.25) is 0 Å². The number of H-pyrrole nitrogens is 2. The molecule has 0 saturated heterocycles. The molecular weight excluding hydrogens is 330 g/mol. The molecule has 2 aromatic heterocycles. The molecule has 0 spiro atoms. The van der Waals surface area contributed by atoms with Crippen molar-refractivity contribution >= 4 is 28.0 Å². The Bertz CT molecular complexity index is 1210. The molecule has 1 amide bonds. The number of rotatable bonds is 3. The Morgan fingerprint density at radius 3 is 2.50 bits per heavy atom. The lowest BCUT2D eigenvalue weighted by Gasteiger charge is -2.07. The first-order valence-corrected chi connectivity index (χ1v) is 8.24. The molecule has 0 radical (unpaired) electrons. The van der Waals surface area contributed by atoms with Crippen LogP contribution in [-0.4, -0.2) is 25.8 Å². The molecule has 0 saturated carbocycles. The predicted octanol–water partition coefficient (Wildman–Crippen LogP) is 2.35. The first-order valence-electron chi connectivity index (χ1n) is 8.24. The smallest absolute Gasteiger partial charge is 0.323 e. The minimum Gasteiger partial charge on any atom is -0.348 e. The fourth-order valence-corrected chi connectivity index (χ4v) is 2.85. The van der Waals surface area contributed by atoms with Gasteiger partial charge in [-0.3, -0.25) is 4.79 Å². The summed E-state index contributed by atoms with van der Waals surface area (Å²) in [6.45, 7) is 4.17. The number of amides is 1. The average molecular weight is 347 g/mol. The molecule has 7 nitrogen and oxygen atoms in total. The van der Waals surface area contributed by atoms with Crippen molar-refractivity contribution in [1.29, 1.82) is 0 Å². The van der Waals surface area contributed by atoms with Crippen molar-refractivity contribution in [2.45, 2.75) is 20.4 Å². The number of nitrogens with zero attached hydrogens (tertiary/aromatic N) is 2. The molecule has 2 aromatic carbocycles. The number of carbonyl (C=O) groups excluding carboxylic acids is 1. The molecule has 0 atom stereocenters. The predicted molar refractivity (Wildman–Crippen MR) is 99.1 cm³/mol. The van der Waals surface area contributed by atoms with Gasteiger partial charge in [-0.2, -0.15) is 0 Å². The number of carbonyl (C=O) groups is 1. The fraction of sp³-hybridized carbons (Fsp3) is 0.158. The van der Waals surface area contributed by atoms with E-state index in [4.69, 9.17) is 0 Å². The number of aromatic amines is 2. The average Bonchev–Trinajstić information content (AvgIpc) is 2.99. The highest BCUT2D eigenvalue weighted by Crippen LogP contribution is 2.15. The van der Waals surface area contributed by atoms with Gasteiger partial charge in [0.1, 0.15) is 0 Å². The number of aryl methyl sites for hydroxylation is 2. The molecule has 4 rings (SSSR count). The van der Waals surface area contributed by atoms with Crippen molar-refractivity contribution in [3.8, 4) is 0 Å². The fourth-order valence-electron chi connectivity index (χ4n) is 2.85. The van der Waals surface area contributed by atoms with Crippen molar-refractivity contribution in [2.24, 2.45) is 0 Å². The molecule has 3 N–H and O–H groups in total. The molecule has 0 aliphatic heterocycles. The molecule has 0 aliphatic carbocycles. The van der Waals surface area contributed by atoms with Crippen LogP contribution in [0.25, 0.3) is 22.1 Å². The molecule has 2 heterocycles. The Labute approximate surface area is 148 Å². The maximum absolute atomic E-state index is 12.5. The molecule has 7 heteroatoms. The summed E-state index contributed by atoms with van der Waals surface area (Å²) in [5, 5.41) is 2.89. The summed E-state index contributed by atoms with van der Waals surface area (Å²) in [5.74, 6) is -0.186. The Morgan fingerprint density at radius 2 is 1.69 bits per heavy atom. The summed E-state index contributed by atoms with van der Waals surface area (Å²) >= 11 is 0. The van der Waals surface area contributed by atoms with Crippen LogP contribution in [0, 0.1) is 13.8 Å². The van der Waals surface area contributed by atoms with Gasteiger partial charge in [0.15, 0.2) is 0 Å². The number of benzene rings is 2. The van der Waals surface area contributed by atoms with Gasteiger partial charge in [0.25, 0.3) is 5.91 Å². The number of hydrogen-bond donors (Lipinski definition) is 3. The molecule has 4 aromatic rings. The second-order valence-corrected chi connectivity index (χ2v) is 6.24. The standard InChI is InChI=1S/C19H17N5O2/c1-10-11(2)22-17-8-13(4-6-14(17)21-10)18(25)20-9-12-3-5-15-16(7-12)24-19(26)23-15/h3-8H,9H2,1-2H3,(H,20,25)(H2,23,24,26). The van der Waals surface area contributed by atoms with Gasteiger partial charge in [0, 0.05) is 12.1 Å².